The first-order valence-electron chi connectivity index (χ1n) is 6.93. The maximum absolute atomic E-state index is 3.78. The molecule has 0 amide bonds. The highest BCUT2D eigenvalue weighted by Gasteiger charge is 2.25. The average molecular weight is 309 g/mol. The molecule has 1 aliphatic carbocycles. The molecule has 1 aromatic carbocycles. The summed E-state index contributed by atoms with van der Waals surface area (Å²) in [6.07, 6.45) is 3.81. The Labute approximate surface area is 118 Å². The first-order valence-corrected chi connectivity index (χ1v) is 7.72. The summed E-state index contributed by atoms with van der Waals surface area (Å²) in [5, 5.41) is 3.78. The quantitative estimate of drug-likeness (QED) is 0.923. The second kappa shape index (κ2) is 5.32. The summed E-state index contributed by atoms with van der Waals surface area (Å²) in [6, 6.07) is 7.17. The van der Waals surface area contributed by atoms with Crippen LogP contribution in [0.1, 0.15) is 30.0 Å². The molecule has 1 saturated heterocycles. The maximum atomic E-state index is 3.78. The highest BCUT2D eigenvalue weighted by molar-refractivity contribution is 9.10. The monoisotopic (exact) mass is 308 g/mol. The minimum atomic E-state index is 0.573. The van der Waals surface area contributed by atoms with E-state index in [0.29, 0.717) is 6.04 Å². The van der Waals surface area contributed by atoms with E-state index in [-0.39, 0.29) is 0 Å². The number of nitrogens with zero attached hydrogens (tertiary/aromatic N) is 1. The number of rotatable bonds is 3. The van der Waals surface area contributed by atoms with Crippen LogP contribution < -0.4 is 5.32 Å². The fourth-order valence-corrected chi connectivity index (χ4v) is 3.90. The third-order valence-electron chi connectivity index (χ3n) is 4.36. The summed E-state index contributed by atoms with van der Waals surface area (Å²) in [4.78, 5) is 2.44. The van der Waals surface area contributed by atoms with Gasteiger partial charge in [0.25, 0.3) is 0 Å². The van der Waals surface area contributed by atoms with Gasteiger partial charge >= 0.3 is 0 Å². The molecule has 0 bridgehead atoms. The molecule has 0 saturated carbocycles. The van der Waals surface area contributed by atoms with Crippen molar-refractivity contribution in [1.82, 2.24) is 10.2 Å². The van der Waals surface area contributed by atoms with E-state index in [1.165, 1.54) is 54.5 Å². The van der Waals surface area contributed by atoms with Crippen LogP contribution in [0, 0.1) is 5.92 Å². The Morgan fingerprint density at radius 1 is 1.39 bits per heavy atom. The molecule has 1 heterocycles. The van der Waals surface area contributed by atoms with Crippen LogP contribution in [0.5, 0.6) is 0 Å². The van der Waals surface area contributed by atoms with E-state index in [1.807, 2.05) is 0 Å². The maximum Gasteiger partial charge on any atom is 0.0326 e. The molecule has 1 aromatic rings. The standard InChI is InChI=1S/C15H21BrN2/c1-18-8-7-11(10-18)9-17-15-6-5-12-13(15)3-2-4-14(12)16/h2-4,11,15,17H,5-10H2,1H3. The molecule has 2 nitrogen and oxygen atoms in total. The molecule has 1 fully saturated rings. The lowest BCUT2D eigenvalue weighted by Crippen LogP contribution is -2.27. The van der Waals surface area contributed by atoms with E-state index < -0.39 is 0 Å². The highest BCUT2D eigenvalue weighted by atomic mass is 79.9. The Hall–Kier alpha value is -0.380. The van der Waals surface area contributed by atoms with E-state index in [1.54, 1.807) is 0 Å². The van der Waals surface area contributed by atoms with Crippen molar-refractivity contribution in [2.24, 2.45) is 5.92 Å². The van der Waals surface area contributed by atoms with E-state index in [9.17, 15) is 0 Å². The third kappa shape index (κ3) is 2.49. The fourth-order valence-electron chi connectivity index (χ4n) is 3.32. The summed E-state index contributed by atoms with van der Waals surface area (Å²) in [7, 11) is 2.22. The van der Waals surface area contributed by atoms with Crippen molar-refractivity contribution in [3.8, 4) is 0 Å². The lowest BCUT2D eigenvalue weighted by Gasteiger charge is -2.17. The van der Waals surface area contributed by atoms with Crippen LogP contribution in [0.4, 0.5) is 0 Å². The second-order valence-electron chi connectivity index (χ2n) is 5.72. The van der Waals surface area contributed by atoms with Crippen molar-refractivity contribution >= 4 is 15.9 Å². The van der Waals surface area contributed by atoms with Crippen molar-refractivity contribution in [3.05, 3.63) is 33.8 Å². The molecule has 18 heavy (non-hydrogen) atoms. The van der Waals surface area contributed by atoms with Crippen LogP contribution in [-0.2, 0) is 6.42 Å². The SMILES string of the molecule is CN1CCC(CNC2CCc3c(Br)cccc32)C1. The average Bonchev–Trinajstić information content (AvgIpc) is 2.94. The topological polar surface area (TPSA) is 15.3 Å². The van der Waals surface area contributed by atoms with Crippen LogP contribution in [0.15, 0.2) is 22.7 Å². The third-order valence-corrected chi connectivity index (χ3v) is 5.10. The van der Waals surface area contributed by atoms with E-state index in [0.717, 1.165) is 5.92 Å². The molecular formula is C15H21BrN2. The Bertz CT molecular complexity index is 433. The zero-order valence-electron chi connectivity index (χ0n) is 11.0. The van der Waals surface area contributed by atoms with Gasteiger partial charge in [-0.3, -0.25) is 0 Å². The van der Waals surface area contributed by atoms with Crippen molar-refractivity contribution in [1.29, 1.82) is 0 Å². The first-order chi connectivity index (χ1) is 8.74. The molecular weight excluding hydrogens is 288 g/mol. The van der Waals surface area contributed by atoms with Gasteiger partial charge in [0, 0.05) is 17.1 Å². The number of nitrogens with one attached hydrogen (secondary N) is 1. The van der Waals surface area contributed by atoms with Crippen molar-refractivity contribution in [2.45, 2.75) is 25.3 Å². The van der Waals surface area contributed by atoms with Crippen LogP contribution in [0.25, 0.3) is 0 Å². The van der Waals surface area contributed by atoms with Crippen molar-refractivity contribution in [3.63, 3.8) is 0 Å². The summed E-state index contributed by atoms with van der Waals surface area (Å²) < 4.78 is 1.28. The molecule has 0 aromatic heterocycles. The highest BCUT2D eigenvalue weighted by Crippen LogP contribution is 2.35. The first kappa shape index (κ1) is 12.6. The Morgan fingerprint density at radius 3 is 3.06 bits per heavy atom. The van der Waals surface area contributed by atoms with Crippen molar-refractivity contribution < 1.29 is 0 Å². The zero-order chi connectivity index (χ0) is 12.5. The number of likely N-dealkylation sites (tertiary alicyclic amines) is 1. The number of halogens is 1. The Morgan fingerprint density at radius 2 is 2.28 bits per heavy atom. The normalized spacial score (nSPS) is 27.7. The summed E-state index contributed by atoms with van der Waals surface area (Å²) in [6.45, 7) is 3.69. The van der Waals surface area contributed by atoms with Crippen molar-refractivity contribution in [2.75, 3.05) is 26.7 Å². The summed E-state index contributed by atoms with van der Waals surface area (Å²) >= 11 is 3.67. The predicted octanol–water partition coefficient (Wildman–Crippen LogP) is 2.98. The fraction of sp³-hybridized carbons (Fsp3) is 0.600. The smallest absolute Gasteiger partial charge is 0.0326 e. The second-order valence-corrected chi connectivity index (χ2v) is 6.58. The van der Waals surface area contributed by atoms with Gasteiger partial charge in [0.15, 0.2) is 0 Å². The van der Waals surface area contributed by atoms with Gasteiger partial charge in [0.05, 0.1) is 0 Å². The Balaban J connectivity index is 1.61. The molecule has 2 unspecified atom stereocenters. The molecule has 2 aliphatic rings. The van der Waals surface area contributed by atoms with Gasteiger partial charge in [-0.05, 0) is 62.5 Å². The molecule has 0 radical (unpaired) electrons. The summed E-state index contributed by atoms with van der Waals surface area (Å²) in [5.74, 6) is 0.839. The van der Waals surface area contributed by atoms with Gasteiger partial charge in [0.1, 0.15) is 0 Å². The molecule has 3 heteroatoms. The van der Waals surface area contributed by atoms with Crippen LogP contribution >= 0.6 is 15.9 Å². The lowest BCUT2D eigenvalue weighted by atomic mass is 10.1. The van der Waals surface area contributed by atoms with Gasteiger partial charge in [0.2, 0.25) is 0 Å². The molecule has 1 N–H and O–H groups in total. The van der Waals surface area contributed by atoms with E-state index >= 15 is 0 Å². The lowest BCUT2D eigenvalue weighted by molar-refractivity contribution is 0.378. The number of fused-ring (bicyclic) bond motifs is 1. The van der Waals surface area contributed by atoms with Gasteiger partial charge in [-0.2, -0.15) is 0 Å². The van der Waals surface area contributed by atoms with Crippen LogP contribution in [0.2, 0.25) is 0 Å². The summed E-state index contributed by atoms with van der Waals surface area (Å²) in [5.41, 5.74) is 3.02. The molecule has 98 valence electrons. The van der Waals surface area contributed by atoms with Gasteiger partial charge < -0.3 is 10.2 Å². The van der Waals surface area contributed by atoms with E-state index in [2.05, 4.69) is 51.4 Å². The van der Waals surface area contributed by atoms with Crippen LogP contribution in [-0.4, -0.2) is 31.6 Å². The minimum absolute atomic E-state index is 0.573. The van der Waals surface area contributed by atoms with Gasteiger partial charge in [-0.25, -0.2) is 0 Å². The number of benzene rings is 1. The van der Waals surface area contributed by atoms with E-state index in [4.69, 9.17) is 0 Å². The molecule has 0 spiro atoms. The number of hydrogen-bond donors (Lipinski definition) is 1. The molecule has 3 rings (SSSR count). The molecule has 2 atom stereocenters. The Kier molecular flexibility index (Phi) is 3.73. The molecule has 1 aliphatic heterocycles. The number of hydrogen-bond acceptors (Lipinski definition) is 2. The van der Waals surface area contributed by atoms with Gasteiger partial charge in [-0.15, -0.1) is 0 Å². The zero-order valence-corrected chi connectivity index (χ0v) is 12.5. The minimum Gasteiger partial charge on any atom is -0.310 e. The largest absolute Gasteiger partial charge is 0.310 e. The predicted molar refractivity (Wildman–Crippen MR) is 78.8 cm³/mol. The van der Waals surface area contributed by atoms with Gasteiger partial charge in [-0.1, -0.05) is 28.1 Å². The van der Waals surface area contributed by atoms with Crippen LogP contribution in [0.3, 0.4) is 0 Å².